The molecule has 0 aliphatic heterocycles. The van der Waals surface area contributed by atoms with Crippen LogP contribution < -0.4 is 10.1 Å². The number of hydrogen-bond acceptors (Lipinski definition) is 5. The van der Waals surface area contributed by atoms with Gasteiger partial charge in [0.1, 0.15) is 6.61 Å². The maximum absolute atomic E-state index is 12.7. The smallest absolute Gasteiger partial charge is 0.360 e. The first-order chi connectivity index (χ1) is 15.6. The number of aromatic nitrogens is 1. The standard InChI is InChI=1S/C26H22N2O4/c1-17-22-15-19(25(29)28-20-11-7-4-8-12-20)13-14-21(22)24(23(27-17)26(30)31-2)32-16-18-9-5-3-6-10-18/h3-15H,16H2,1-2H3,(H,28,29). The highest BCUT2D eigenvalue weighted by Gasteiger charge is 2.21. The Bertz CT molecular complexity index is 1270. The lowest BCUT2D eigenvalue weighted by Gasteiger charge is -2.15. The normalized spacial score (nSPS) is 10.6. The number of rotatable bonds is 6. The third-order valence-electron chi connectivity index (χ3n) is 5.05. The predicted molar refractivity (Wildman–Crippen MR) is 123 cm³/mol. The summed E-state index contributed by atoms with van der Waals surface area (Å²) in [5.41, 5.74) is 2.85. The molecule has 1 aromatic heterocycles. The summed E-state index contributed by atoms with van der Waals surface area (Å²) in [6, 6.07) is 24.1. The number of hydrogen-bond donors (Lipinski definition) is 1. The van der Waals surface area contributed by atoms with Crippen molar-refractivity contribution < 1.29 is 19.1 Å². The fourth-order valence-corrected chi connectivity index (χ4v) is 3.42. The topological polar surface area (TPSA) is 77.5 Å². The van der Waals surface area contributed by atoms with E-state index in [1.54, 1.807) is 25.1 Å². The van der Waals surface area contributed by atoms with Gasteiger partial charge in [-0.15, -0.1) is 0 Å². The summed E-state index contributed by atoms with van der Waals surface area (Å²) in [5.74, 6) is -0.485. The maximum Gasteiger partial charge on any atom is 0.360 e. The molecule has 1 N–H and O–H groups in total. The van der Waals surface area contributed by atoms with Gasteiger partial charge in [0.25, 0.3) is 5.91 Å². The zero-order valence-electron chi connectivity index (χ0n) is 17.8. The SMILES string of the molecule is COC(=O)c1nc(C)c2cc(C(=O)Nc3ccccc3)ccc2c1OCc1ccccc1. The van der Waals surface area contributed by atoms with E-state index in [0.29, 0.717) is 28.1 Å². The van der Waals surface area contributed by atoms with Crippen molar-refractivity contribution in [3.63, 3.8) is 0 Å². The highest BCUT2D eigenvalue weighted by atomic mass is 16.5. The first-order valence-corrected chi connectivity index (χ1v) is 10.1. The van der Waals surface area contributed by atoms with E-state index >= 15 is 0 Å². The van der Waals surface area contributed by atoms with Crippen LogP contribution in [0.5, 0.6) is 5.75 Å². The van der Waals surface area contributed by atoms with Gasteiger partial charge in [0.2, 0.25) is 0 Å². The van der Waals surface area contributed by atoms with Gasteiger partial charge in [-0.05, 0) is 42.8 Å². The largest absolute Gasteiger partial charge is 0.486 e. The number of anilines is 1. The van der Waals surface area contributed by atoms with E-state index in [0.717, 1.165) is 10.9 Å². The number of nitrogens with one attached hydrogen (secondary N) is 1. The number of nitrogens with zero attached hydrogens (tertiary/aromatic N) is 1. The Morgan fingerprint density at radius 1 is 0.906 bits per heavy atom. The van der Waals surface area contributed by atoms with E-state index in [9.17, 15) is 9.59 Å². The van der Waals surface area contributed by atoms with Crippen LogP contribution in [-0.2, 0) is 11.3 Å². The Morgan fingerprint density at radius 3 is 2.28 bits per heavy atom. The number of ether oxygens (including phenoxy) is 2. The summed E-state index contributed by atoms with van der Waals surface area (Å²) >= 11 is 0. The Kier molecular flexibility index (Phi) is 6.12. The van der Waals surface area contributed by atoms with Gasteiger partial charge in [0, 0.05) is 27.7 Å². The number of carbonyl (C=O) groups excluding carboxylic acids is 2. The average molecular weight is 426 g/mol. The molecule has 0 fully saturated rings. The molecule has 0 atom stereocenters. The lowest BCUT2D eigenvalue weighted by Crippen LogP contribution is -2.13. The lowest BCUT2D eigenvalue weighted by atomic mass is 10.0. The molecule has 160 valence electrons. The van der Waals surface area contributed by atoms with Gasteiger partial charge in [-0.2, -0.15) is 0 Å². The Balaban J connectivity index is 1.73. The van der Waals surface area contributed by atoms with Crippen LogP contribution in [0.2, 0.25) is 0 Å². The van der Waals surface area contributed by atoms with Gasteiger partial charge in [-0.25, -0.2) is 9.78 Å². The lowest BCUT2D eigenvalue weighted by molar-refractivity contribution is 0.0588. The second-order valence-electron chi connectivity index (χ2n) is 7.22. The summed E-state index contributed by atoms with van der Waals surface area (Å²) < 4.78 is 11.0. The summed E-state index contributed by atoms with van der Waals surface area (Å²) in [4.78, 5) is 29.6. The molecule has 6 nitrogen and oxygen atoms in total. The molecule has 0 spiro atoms. The number of carbonyl (C=O) groups is 2. The third kappa shape index (κ3) is 4.44. The van der Waals surface area contributed by atoms with Crippen molar-refractivity contribution >= 4 is 28.3 Å². The number of amides is 1. The highest BCUT2D eigenvalue weighted by molar-refractivity contribution is 6.08. The second kappa shape index (κ2) is 9.31. The van der Waals surface area contributed by atoms with Crippen molar-refractivity contribution in [1.29, 1.82) is 0 Å². The van der Waals surface area contributed by atoms with Crippen LogP contribution >= 0.6 is 0 Å². The maximum atomic E-state index is 12.7. The van der Waals surface area contributed by atoms with Crippen molar-refractivity contribution in [2.75, 3.05) is 12.4 Å². The fraction of sp³-hybridized carbons (Fsp3) is 0.115. The summed E-state index contributed by atoms with van der Waals surface area (Å²) in [6.07, 6.45) is 0. The van der Waals surface area contributed by atoms with Crippen molar-refractivity contribution in [1.82, 2.24) is 4.98 Å². The monoisotopic (exact) mass is 426 g/mol. The average Bonchev–Trinajstić information content (AvgIpc) is 2.84. The van der Waals surface area contributed by atoms with E-state index < -0.39 is 5.97 Å². The van der Waals surface area contributed by atoms with Crippen molar-refractivity contribution in [3.8, 4) is 5.75 Å². The minimum atomic E-state index is -0.580. The molecular formula is C26H22N2O4. The van der Waals surface area contributed by atoms with Crippen LogP contribution in [0.3, 0.4) is 0 Å². The molecule has 0 aliphatic rings. The number of esters is 1. The first kappa shape index (κ1) is 21.1. The molecule has 3 aromatic carbocycles. The number of pyridine rings is 1. The summed E-state index contributed by atoms with van der Waals surface area (Å²) in [5, 5.41) is 4.29. The van der Waals surface area contributed by atoms with E-state index in [2.05, 4.69) is 10.3 Å². The zero-order chi connectivity index (χ0) is 22.5. The molecular weight excluding hydrogens is 404 g/mol. The van der Waals surface area contributed by atoms with Crippen LogP contribution in [0.1, 0.15) is 32.1 Å². The molecule has 0 saturated heterocycles. The third-order valence-corrected chi connectivity index (χ3v) is 5.05. The van der Waals surface area contributed by atoms with Crippen LogP contribution in [0.15, 0.2) is 78.9 Å². The molecule has 6 heteroatoms. The molecule has 4 aromatic rings. The van der Waals surface area contributed by atoms with Gasteiger partial charge in [0.15, 0.2) is 11.4 Å². The molecule has 1 heterocycles. The van der Waals surface area contributed by atoms with E-state index in [1.807, 2.05) is 60.7 Å². The fourth-order valence-electron chi connectivity index (χ4n) is 3.42. The summed E-state index contributed by atoms with van der Waals surface area (Å²) in [7, 11) is 1.31. The number of para-hydroxylation sites is 1. The Labute approximate surface area is 185 Å². The molecule has 0 unspecified atom stereocenters. The number of methoxy groups -OCH3 is 1. The molecule has 1 amide bonds. The molecule has 4 rings (SSSR count). The first-order valence-electron chi connectivity index (χ1n) is 10.1. The minimum Gasteiger partial charge on any atom is -0.486 e. The quantitative estimate of drug-likeness (QED) is 0.431. The van der Waals surface area contributed by atoms with Gasteiger partial charge in [0.05, 0.1) is 7.11 Å². The predicted octanol–water partition coefficient (Wildman–Crippen LogP) is 5.16. The number of benzene rings is 3. The second-order valence-corrected chi connectivity index (χ2v) is 7.22. The molecule has 0 bridgehead atoms. The Morgan fingerprint density at radius 2 is 1.59 bits per heavy atom. The van der Waals surface area contributed by atoms with Gasteiger partial charge >= 0.3 is 5.97 Å². The Hall–Kier alpha value is -4.19. The highest BCUT2D eigenvalue weighted by Crippen LogP contribution is 2.32. The zero-order valence-corrected chi connectivity index (χ0v) is 17.8. The molecule has 0 saturated carbocycles. The van der Waals surface area contributed by atoms with Crippen LogP contribution in [0, 0.1) is 6.92 Å². The molecule has 0 radical (unpaired) electrons. The summed E-state index contributed by atoms with van der Waals surface area (Å²) in [6.45, 7) is 2.05. The van der Waals surface area contributed by atoms with Crippen molar-refractivity contribution in [2.24, 2.45) is 0 Å². The van der Waals surface area contributed by atoms with Crippen LogP contribution in [0.25, 0.3) is 10.8 Å². The molecule has 32 heavy (non-hydrogen) atoms. The van der Waals surface area contributed by atoms with E-state index in [-0.39, 0.29) is 18.2 Å². The van der Waals surface area contributed by atoms with Crippen LogP contribution in [-0.4, -0.2) is 24.0 Å². The number of aryl methyl sites for hydroxylation is 1. The van der Waals surface area contributed by atoms with Crippen LogP contribution in [0.4, 0.5) is 5.69 Å². The van der Waals surface area contributed by atoms with Crippen molar-refractivity contribution in [3.05, 3.63) is 101 Å². The van der Waals surface area contributed by atoms with Crippen molar-refractivity contribution in [2.45, 2.75) is 13.5 Å². The van der Waals surface area contributed by atoms with Gasteiger partial charge in [-0.1, -0.05) is 48.5 Å². The van der Waals surface area contributed by atoms with Gasteiger partial charge < -0.3 is 14.8 Å². The number of fused-ring (bicyclic) bond motifs is 1. The molecule has 0 aliphatic carbocycles. The van der Waals surface area contributed by atoms with E-state index in [4.69, 9.17) is 9.47 Å². The van der Waals surface area contributed by atoms with E-state index in [1.165, 1.54) is 7.11 Å². The minimum absolute atomic E-state index is 0.106. The van der Waals surface area contributed by atoms with Gasteiger partial charge in [-0.3, -0.25) is 4.79 Å².